The number of fused-ring (bicyclic) bond motifs is 1. The Balaban J connectivity index is 2.00. The molecule has 1 aromatic heterocycles. The van der Waals surface area contributed by atoms with E-state index in [1.165, 1.54) is 0 Å². The third-order valence-corrected chi connectivity index (χ3v) is 2.43. The van der Waals surface area contributed by atoms with Crippen molar-refractivity contribution in [2.45, 2.75) is 6.54 Å². The van der Waals surface area contributed by atoms with Gasteiger partial charge in [0.1, 0.15) is 5.69 Å². The Labute approximate surface area is 91.7 Å². The highest BCUT2D eigenvalue weighted by Gasteiger charge is 2.15. The fraction of sp³-hybridized carbons (Fsp3) is 0.182. The van der Waals surface area contributed by atoms with Gasteiger partial charge in [-0.2, -0.15) is 0 Å². The number of rotatable bonds is 2. The average Bonchev–Trinajstić information content (AvgIpc) is 2.96. The topological polar surface area (TPSA) is 70.5 Å². The molecule has 2 N–H and O–H groups in total. The van der Waals surface area contributed by atoms with Gasteiger partial charge in [0.2, 0.25) is 6.79 Å². The maximum atomic E-state index is 5.45. The summed E-state index contributed by atoms with van der Waals surface area (Å²) in [7, 11) is 0. The molecular formula is C11H10N2O3. The Kier molecular flexibility index (Phi) is 2.04. The molecule has 2 aromatic rings. The van der Waals surface area contributed by atoms with Crippen LogP contribution in [0, 0.1) is 0 Å². The molecule has 0 amide bonds. The summed E-state index contributed by atoms with van der Waals surface area (Å²) in [6, 6.07) is 7.46. The first-order chi connectivity index (χ1) is 7.86. The Morgan fingerprint density at radius 2 is 2.06 bits per heavy atom. The Morgan fingerprint density at radius 3 is 2.88 bits per heavy atom. The van der Waals surface area contributed by atoms with Gasteiger partial charge in [0, 0.05) is 11.6 Å². The van der Waals surface area contributed by atoms with Crippen LogP contribution < -0.4 is 15.2 Å². The highest BCUT2D eigenvalue weighted by molar-refractivity contribution is 5.64. The number of aromatic nitrogens is 1. The molecule has 3 rings (SSSR count). The molecule has 0 fully saturated rings. The van der Waals surface area contributed by atoms with E-state index in [0.717, 1.165) is 22.8 Å². The minimum Gasteiger partial charge on any atom is -0.454 e. The second-order valence-corrected chi connectivity index (χ2v) is 3.45. The highest BCUT2D eigenvalue weighted by atomic mass is 16.7. The van der Waals surface area contributed by atoms with Crippen molar-refractivity contribution < 1.29 is 14.0 Å². The van der Waals surface area contributed by atoms with Crippen LogP contribution in [0.5, 0.6) is 11.5 Å². The zero-order valence-electron chi connectivity index (χ0n) is 8.47. The fourth-order valence-electron chi connectivity index (χ4n) is 1.60. The van der Waals surface area contributed by atoms with Crippen LogP contribution in [0.1, 0.15) is 5.76 Å². The standard InChI is InChI=1S/C11H10N2O3/c12-5-8-4-9(13-16-8)7-1-2-10-11(3-7)15-6-14-10/h1-4H,5-6,12H2. The van der Waals surface area contributed by atoms with Gasteiger partial charge in [0.25, 0.3) is 0 Å². The summed E-state index contributed by atoms with van der Waals surface area (Å²) in [6.45, 7) is 0.614. The van der Waals surface area contributed by atoms with Gasteiger partial charge < -0.3 is 19.7 Å². The van der Waals surface area contributed by atoms with Gasteiger partial charge in [0.15, 0.2) is 17.3 Å². The lowest BCUT2D eigenvalue weighted by molar-refractivity contribution is 0.174. The summed E-state index contributed by atoms with van der Waals surface area (Å²) in [4.78, 5) is 0. The lowest BCUT2D eigenvalue weighted by Gasteiger charge is -1.98. The van der Waals surface area contributed by atoms with Crippen molar-refractivity contribution in [2.24, 2.45) is 5.73 Å². The van der Waals surface area contributed by atoms with E-state index >= 15 is 0 Å². The molecule has 5 heteroatoms. The molecule has 2 heterocycles. The van der Waals surface area contributed by atoms with Gasteiger partial charge in [-0.3, -0.25) is 0 Å². The van der Waals surface area contributed by atoms with Crippen LogP contribution in [0.15, 0.2) is 28.8 Å². The fourth-order valence-corrected chi connectivity index (χ4v) is 1.60. The number of hydrogen-bond acceptors (Lipinski definition) is 5. The third kappa shape index (κ3) is 1.42. The minimum absolute atomic E-state index is 0.269. The van der Waals surface area contributed by atoms with Crippen molar-refractivity contribution in [2.75, 3.05) is 6.79 Å². The first-order valence-corrected chi connectivity index (χ1v) is 4.92. The predicted molar refractivity (Wildman–Crippen MR) is 56.0 cm³/mol. The summed E-state index contributed by atoms with van der Waals surface area (Å²) >= 11 is 0. The van der Waals surface area contributed by atoms with Gasteiger partial charge in [-0.25, -0.2) is 0 Å². The minimum atomic E-state index is 0.269. The smallest absolute Gasteiger partial charge is 0.231 e. The molecule has 0 spiro atoms. The van der Waals surface area contributed by atoms with Crippen molar-refractivity contribution in [3.05, 3.63) is 30.0 Å². The molecule has 1 aliphatic rings. The molecule has 16 heavy (non-hydrogen) atoms. The van der Waals surface area contributed by atoms with E-state index < -0.39 is 0 Å². The molecule has 0 bridgehead atoms. The number of nitrogens with two attached hydrogens (primary N) is 1. The molecule has 1 aliphatic heterocycles. The van der Waals surface area contributed by atoms with Crippen LogP contribution in [-0.2, 0) is 6.54 Å². The zero-order valence-corrected chi connectivity index (χ0v) is 8.47. The van der Waals surface area contributed by atoms with E-state index in [2.05, 4.69) is 5.16 Å². The molecular weight excluding hydrogens is 208 g/mol. The molecule has 1 aromatic carbocycles. The Bertz CT molecular complexity index is 522. The van der Waals surface area contributed by atoms with Gasteiger partial charge >= 0.3 is 0 Å². The van der Waals surface area contributed by atoms with Crippen molar-refractivity contribution in [1.29, 1.82) is 0 Å². The predicted octanol–water partition coefficient (Wildman–Crippen LogP) is 1.53. The van der Waals surface area contributed by atoms with Crippen LogP contribution in [0.3, 0.4) is 0 Å². The van der Waals surface area contributed by atoms with Crippen molar-refractivity contribution in [3.8, 4) is 22.8 Å². The van der Waals surface area contributed by atoms with Crippen molar-refractivity contribution in [1.82, 2.24) is 5.16 Å². The second kappa shape index (κ2) is 3.53. The largest absolute Gasteiger partial charge is 0.454 e. The zero-order chi connectivity index (χ0) is 11.0. The Morgan fingerprint density at radius 1 is 1.19 bits per heavy atom. The Hall–Kier alpha value is -2.01. The van der Waals surface area contributed by atoms with E-state index in [0.29, 0.717) is 12.3 Å². The first-order valence-electron chi connectivity index (χ1n) is 4.92. The van der Waals surface area contributed by atoms with E-state index in [1.807, 2.05) is 24.3 Å². The lowest BCUT2D eigenvalue weighted by Crippen LogP contribution is -1.92. The van der Waals surface area contributed by atoms with Gasteiger partial charge in [-0.1, -0.05) is 5.16 Å². The third-order valence-electron chi connectivity index (χ3n) is 2.43. The van der Waals surface area contributed by atoms with Crippen LogP contribution in [-0.4, -0.2) is 11.9 Å². The average molecular weight is 218 g/mol. The van der Waals surface area contributed by atoms with E-state index in [4.69, 9.17) is 19.7 Å². The SMILES string of the molecule is NCc1cc(-c2ccc3c(c2)OCO3)no1. The van der Waals surface area contributed by atoms with Crippen LogP contribution in [0.2, 0.25) is 0 Å². The number of ether oxygens (including phenoxy) is 2. The molecule has 0 aliphatic carbocycles. The van der Waals surface area contributed by atoms with Gasteiger partial charge in [0.05, 0.1) is 6.54 Å². The second-order valence-electron chi connectivity index (χ2n) is 3.45. The van der Waals surface area contributed by atoms with Crippen molar-refractivity contribution in [3.63, 3.8) is 0 Å². The monoisotopic (exact) mass is 218 g/mol. The summed E-state index contributed by atoms with van der Waals surface area (Å²) in [5, 5.41) is 3.93. The molecule has 82 valence electrons. The van der Waals surface area contributed by atoms with Crippen LogP contribution in [0.4, 0.5) is 0 Å². The first kappa shape index (κ1) is 9.23. The molecule has 5 nitrogen and oxygen atoms in total. The van der Waals surface area contributed by atoms with E-state index in [-0.39, 0.29) is 6.79 Å². The summed E-state index contributed by atoms with van der Waals surface area (Å²) in [6.07, 6.45) is 0. The summed E-state index contributed by atoms with van der Waals surface area (Å²) < 4.78 is 15.6. The summed E-state index contributed by atoms with van der Waals surface area (Å²) in [5.41, 5.74) is 7.13. The molecule has 0 radical (unpaired) electrons. The van der Waals surface area contributed by atoms with Gasteiger partial charge in [-0.05, 0) is 18.2 Å². The molecule has 0 saturated carbocycles. The normalized spacial score (nSPS) is 13.1. The van der Waals surface area contributed by atoms with Crippen LogP contribution >= 0.6 is 0 Å². The highest BCUT2D eigenvalue weighted by Crippen LogP contribution is 2.35. The van der Waals surface area contributed by atoms with Crippen molar-refractivity contribution >= 4 is 0 Å². The van der Waals surface area contributed by atoms with Gasteiger partial charge in [-0.15, -0.1) is 0 Å². The number of hydrogen-bond donors (Lipinski definition) is 1. The molecule has 0 unspecified atom stereocenters. The summed E-state index contributed by atoms with van der Waals surface area (Å²) in [5.74, 6) is 2.15. The molecule has 0 saturated heterocycles. The maximum Gasteiger partial charge on any atom is 0.231 e. The van der Waals surface area contributed by atoms with E-state index in [9.17, 15) is 0 Å². The number of nitrogens with zero attached hydrogens (tertiary/aromatic N) is 1. The maximum absolute atomic E-state index is 5.45. The number of benzene rings is 1. The van der Waals surface area contributed by atoms with E-state index in [1.54, 1.807) is 0 Å². The quantitative estimate of drug-likeness (QED) is 0.827. The molecule has 0 atom stereocenters. The van der Waals surface area contributed by atoms with Crippen LogP contribution in [0.25, 0.3) is 11.3 Å². The lowest BCUT2D eigenvalue weighted by atomic mass is 10.1.